The summed E-state index contributed by atoms with van der Waals surface area (Å²) in [5, 5.41) is 19.5. The zero-order valence-electron chi connectivity index (χ0n) is 30.5. The lowest BCUT2D eigenvalue weighted by molar-refractivity contribution is -0.143. The van der Waals surface area contributed by atoms with Crippen molar-refractivity contribution in [2.45, 2.75) is 64.1 Å². The van der Waals surface area contributed by atoms with Crippen molar-refractivity contribution in [3.05, 3.63) is 81.5 Å². The summed E-state index contributed by atoms with van der Waals surface area (Å²) in [7, 11) is 3.49. The number of carbonyl (C=O) groups excluding carboxylic acids is 2. The molecule has 54 heavy (non-hydrogen) atoms. The van der Waals surface area contributed by atoms with Crippen LogP contribution >= 0.6 is 23.2 Å². The molecule has 1 saturated heterocycles. The second kappa shape index (κ2) is 16.5. The van der Waals surface area contributed by atoms with Gasteiger partial charge in [-0.1, -0.05) is 47.5 Å². The number of pyridine rings is 1. The van der Waals surface area contributed by atoms with E-state index in [4.69, 9.17) is 32.9 Å². The maximum Gasteiger partial charge on any atom is 0.306 e. The predicted molar refractivity (Wildman–Crippen MR) is 208 cm³/mol. The Morgan fingerprint density at radius 1 is 1.04 bits per heavy atom. The van der Waals surface area contributed by atoms with E-state index in [0.29, 0.717) is 76.1 Å². The number of carboxylic acid groups (broad SMARTS) is 1. The largest absolute Gasteiger partial charge is 0.496 e. The van der Waals surface area contributed by atoms with Gasteiger partial charge < -0.3 is 30.4 Å². The molecule has 4 heterocycles. The molecule has 1 atom stereocenters. The van der Waals surface area contributed by atoms with Crippen LogP contribution in [-0.2, 0) is 36.1 Å². The fourth-order valence-electron chi connectivity index (χ4n) is 8.02. The van der Waals surface area contributed by atoms with Crippen molar-refractivity contribution >= 4 is 46.7 Å². The van der Waals surface area contributed by atoms with E-state index in [0.717, 1.165) is 74.1 Å². The van der Waals surface area contributed by atoms with Gasteiger partial charge in [0.15, 0.2) is 5.82 Å². The smallest absolute Gasteiger partial charge is 0.306 e. The average molecular weight is 775 g/mol. The van der Waals surface area contributed by atoms with E-state index in [1.807, 2.05) is 41.9 Å². The number of fused-ring (bicyclic) bond motifs is 1. The SMILES string of the molecule is COc1cc(-c2nccc(-c3cccc(NC(=O)c4nc5c(n4C)CCN(C[C@H]4CC[C@H](C(=O)O)CC4)C5)c3Cl)c2Cl)ccc1CNC[C@H]1CCC(=O)N1. The molecule has 2 aromatic carbocycles. The lowest BCUT2D eigenvalue weighted by Crippen LogP contribution is -2.36. The minimum atomic E-state index is -0.684. The number of amides is 2. The third-order valence-corrected chi connectivity index (χ3v) is 11.8. The number of imidazole rings is 1. The molecule has 12 nitrogen and oxygen atoms in total. The van der Waals surface area contributed by atoms with E-state index in [1.54, 1.807) is 25.4 Å². The van der Waals surface area contributed by atoms with Crippen LogP contribution in [-0.4, -0.2) is 75.1 Å². The maximum atomic E-state index is 13.7. The molecular formula is C40H45Cl2N7O5. The van der Waals surface area contributed by atoms with Crippen molar-refractivity contribution in [1.29, 1.82) is 0 Å². The molecule has 0 bridgehead atoms. The number of rotatable bonds is 12. The number of benzene rings is 2. The predicted octanol–water partition coefficient (Wildman–Crippen LogP) is 6.33. The van der Waals surface area contributed by atoms with Gasteiger partial charge in [0.25, 0.3) is 5.91 Å². The van der Waals surface area contributed by atoms with Crippen LogP contribution in [0.15, 0.2) is 48.7 Å². The van der Waals surface area contributed by atoms with E-state index < -0.39 is 5.97 Å². The molecule has 2 amide bonds. The standard InChI is InChI=1S/C40H45Cl2N7O5/c1-48-32-15-17-49(21-23-6-8-24(9-7-23)40(52)53)22-31(32)46-38(48)39(51)47-30-5-3-4-28(35(30)41)29-14-16-44-37(36(29)42)25-10-11-26(33(18-25)54-2)19-43-20-27-12-13-34(50)45-27/h3-5,10-11,14,16,18,23-24,27,43H,6-9,12-13,15,17,19-22H2,1-2H3,(H,45,50)(H,47,51)(H,52,53)/t23-,24-,27-/m1/s1. The summed E-state index contributed by atoms with van der Waals surface area (Å²) in [6.07, 6.45) is 7.17. The Balaban J connectivity index is 1.03. The number of hydrogen-bond acceptors (Lipinski definition) is 8. The fourth-order valence-corrected chi connectivity index (χ4v) is 8.61. The van der Waals surface area contributed by atoms with Gasteiger partial charge in [-0.15, -0.1) is 0 Å². The Kier molecular flexibility index (Phi) is 11.5. The number of ether oxygens (including phenoxy) is 1. The molecule has 4 N–H and O–H groups in total. The lowest BCUT2D eigenvalue weighted by atomic mass is 9.81. The Bertz CT molecular complexity index is 2060. The number of carboxylic acids is 1. The van der Waals surface area contributed by atoms with Gasteiger partial charge in [0.2, 0.25) is 5.91 Å². The molecule has 1 aliphatic carbocycles. The molecule has 0 radical (unpaired) electrons. The summed E-state index contributed by atoms with van der Waals surface area (Å²) >= 11 is 14.0. The zero-order valence-corrected chi connectivity index (χ0v) is 32.0. The highest BCUT2D eigenvalue weighted by Gasteiger charge is 2.30. The first-order chi connectivity index (χ1) is 26.1. The first kappa shape index (κ1) is 37.8. The van der Waals surface area contributed by atoms with Crippen molar-refractivity contribution in [3.8, 4) is 28.1 Å². The van der Waals surface area contributed by atoms with Gasteiger partial charge in [0, 0.05) is 92.8 Å². The molecule has 4 aromatic rings. The molecule has 284 valence electrons. The van der Waals surface area contributed by atoms with Crippen molar-refractivity contribution in [3.63, 3.8) is 0 Å². The highest BCUT2D eigenvalue weighted by molar-refractivity contribution is 6.39. The van der Waals surface area contributed by atoms with E-state index in [9.17, 15) is 19.5 Å². The summed E-state index contributed by atoms with van der Waals surface area (Å²) in [6, 6.07) is 13.2. The Morgan fingerprint density at radius 3 is 2.57 bits per heavy atom. The van der Waals surface area contributed by atoms with Gasteiger partial charge in [-0.3, -0.25) is 24.3 Å². The highest BCUT2D eigenvalue weighted by Crippen LogP contribution is 2.41. The van der Waals surface area contributed by atoms with Gasteiger partial charge in [0.1, 0.15) is 5.75 Å². The highest BCUT2D eigenvalue weighted by atomic mass is 35.5. The van der Waals surface area contributed by atoms with Crippen LogP contribution in [0.25, 0.3) is 22.4 Å². The van der Waals surface area contributed by atoms with Gasteiger partial charge in [-0.2, -0.15) is 0 Å². The maximum absolute atomic E-state index is 13.7. The molecule has 3 aliphatic rings. The third-order valence-electron chi connectivity index (χ3n) is 11.0. The monoisotopic (exact) mass is 773 g/mol. The number of nitrogens with one attached hydrogen (secondary N) is 3. The summed E-state index contributed by atoms with van der Waals surface area (Å²) in [6.45, 7) is 3.68. The summed E-state index contributed by atoms with van der Waals surface area (Å²) < 4.78 is 7.59. The van der Waals surface area contributed by atoms with E-state index in [1.165, 1.54) is 0 Å². The van der Waals surface area contributed by atoms with Gasteiger partial charge in [0.05, 0.1) is 40.1 Å². The van der Waals surface area contributed by atoms with Gasteiger partial charge in [-0.25, -0.2) is 4.98 Å². The normalized spacial score (nSPS) is 20.0. The number of hydrogen-bond donors (Lipinski definition) is 4. The first-order valence-corrected chi connectivity index (χ1v) is 19.3. The summed E-state index contributed by atoms with van der Waals surface area (Å²) in [5.74, 6) is 0.301. The molecular weight excluding hydrogens is 729 g/mol. The average Bonchev–Trinajstić information content (AvgIpc) is 3.74. The van der Waals surface area contributed by atoms with Crippen LogP contribution in [0.2, 0.25) is 10.0 Å². The summed E-state index contributed by atoms with van der Waals surface area (Å²) in [4.78, 5) is 48.3. The molecule has 2 aliphatic heterocycles. The second-order valence-electron chi connectivity index (χ2n) is 14.5. The number of carbonyl (C=O) groups is 3. The van der Waals surface area contributed by atoms with Crippen LogP contribution in [0.1, 0.15) is 66.1 Å². The van der Waals surface area contributed by atoms with E-state index in [-0.39, 0.29) is 23.8 Å². The molecule has 14 heteroatoms. The lowest BCUT2D eigenvalue weighted by Gasteiger charge is -2.33. The molecule has 7 rings (SSSR count). The summed E-state index contributed by atoms with van der Waals surface area (Å²) in [5.41, 5.74) is 5.97. The number of aliphatic carboxylic acids is 1. The Hall–Kier alpha value is -4.49. The van der Waals surface area contributed by atoms with Crippen molar-refractivity contribution < 1.29 is 24.2 Å². The molecule has 2 fully saturated rings. The zero-order chi connectivity index (χ0) is 37.9. The van der Waals surface area contributed by atoms with Crippen molar-refractivity contribution in [2.24, 2.45) is 18.9 Å². The van der Waals surface area contributed by atoms with Gasteiger partial charge >= 0.3 is 5.97 Å². The van der Waals surface area contributed by atoms with Gasteiger partial charge in [-0.05, 0) is 56.2 Å². The Morgan fingerprint density at radius 2 is 1.83 bits per heavy atom. The fraction of sp³-hybridized carbons (Fsp3) is 0.425. The van der Waals surface area contributed by atoms with Crippen molar-refractivity contribution in [1.82, 2.24) is 30.1 Å². The van der Waals surface area contributed by atoms with Crippen LogP contribution < -0.4 is 20.7 Å². The number of anilines is 1. The molecule has 1 saturated carbocycles. The van der Waals surface area contributed by atoms with Crippen LogP contribution in [0.4, 0.5) is 5.69 Å². The van der Waals surface area contributed by atoms with Crippen molar-refractivity contribution in [2.75, 3.05) is 32.1 Å². The first-order valence-electron chi connectivity index (χ1n) is 18.5. The number of aromatic nitrogens is 3. The molecule has 0 unspecified atom stereocenters. The van der Waals surface area contributed by atoms with E-state index >= 15 is 0 Å². The van der Waals surface area contributed by atoms with Crippen LogP contribution in [0.3, 0.4) is 0 Å². The van der Waals surface area contributed by atoms with Crippen LogP contribution in [0, 0.1) is 11.8 Å². The van der Waals surface area contributed by atoms with E-state index in [2.05, 4.69) is 25.8 Å². The quantitative estimate of drug-likeness (QED) is 0.129. The number of nitrogens with zero attached hydrogens (tertiary/aromatic N) is 4. The number of methoxy groups -OCH3 is 1. The molecule has 2 aromatic heterocycles. The Labute approximate surface area is 324 Å². The molecule has 0 spiro atoms. The minimum Gasteiger partial charge on any atom is -0.496 e. The second-order valence-corrected chi connectivity index (χ2v) is 15.3. The third kappa shape index (κ3) is 8.12. The van der Waals surface area contributed by atoms with Crippen LogP contribution in [0.5, 0.6) is 5.75 Å². The minimum absolute atomic E-state index is 0.0929. The number of halogens is 2. The topological polar surface area (TPSA) is 151 Å².